The number of hydrogen-bond acceptors (Lipinski definition) is 6. The molecule has 0 aliphatic heterocycles. The van der Waals surface area contributed by atoms with Gasteiger partial charge in [-0.1, -0.05) is 19.8 Å². The van der Waals surface area contributed by atoms with Crippen molar-refractivity contribution >= 4 is 34.6 Å². The lowest BCUT2D eigenvalue weighted by atomic mass is 10.2. The fraction of sp³-hybridized carbons (Fsp3) is 0.300. The Morgan fingerprint density at radius 3 is 2.52 bits per heavy atom. The lowest BCUT2D eigenvalue weighted by Gasteiger charge is -2.13. The molecule has 0 radical (unpaired) electrons. The fourth-order valence-corrected chi connectivity index (χ4v) is 2.68. The number of nitro groups is 1. The van der Waals surface area contributed by atoms with Gasteiger partial charge in [0.05, 0.1) is 24.3 Å². The smallest absolute Gasteiger partial charge is 0.271 e. The quantitative estimate of drug-likeness (QED) is 0.271. The molecule has 0 atom stereocenters. The second kappa shape index (κ2) is 11.0. The number of carbonyl (C=O) groups excluding carboxylic acids is 1. The number of nitrogens with zero attached hydrogens (tertiary/aromatic N) is 1. The number of hydrogen-bond donors (Lipinski definition) is 2. The standard InChI is InChI=1S/C20H23N3O5S/c1-3-4-5-12-28-16-9-6-14(7-10-16)19(24)22-20(29)21-17-13-15(23(25)26)8-11-18(17)27-2/h6-11,13H,3-5,12H2,1-2H3,(H2,21,22,24,29). The summed E-state index contributed by atoms with van der Waals surface area (Å²) in [5, 5.41) is 16.2. The Bertz CT molecular complexity index is 871. The molecule has 8 nitrogen and oxygen atoms in total. The number of thiocarbonyl (C=S) groups is 1. The summed E-state index contributed by atoms with van der Waals surface area (Å²) in [7, 11) is 1.43. The minimum absolute atomic E-state index is 0.00584. The molecule has 0 saturated heterocycles. The summed E-state index contributed by atoms with van der Waals surface area (Å²) in [6, 6.07) is 10.8. The van der Waals surface area contributed by atoms with Crippen LogP contribution in [0.4, 0.5) is 11.4 Å². The first-order valence-electron chi connectivity index (χ1n) is 9.12. The highest BCUT2D eigenvalue weighted by Crippen LogP contribution is 2.28. The minimum atomic E-state index is -0.530. The van der Waals surface area contributed by atoms with E-state index in [0.29, 0.717) is 23.7 Å². The lowest BCUT2D eigenvalue weighted by molar-refractivity contribution is -0.384. The van der Waals surface area contributed by atoms with Crippen LogP contribution in [0.3, 0.4) is 0 Å². The molecule has 0 fully saturated rings. The number of amides is 1. The van der Waals surface area contributed by atoms with E-state index in [0.717, 1.165) is 19.3 Å². The molecular formula is C20H23N3O5S. The number of non-ortho nitro benzene ring substituents is 1. The summed E-state index contributed by atoms with van der Waals surface area (Å²) < 4.78 is 10.8. The highest BCUT2D eigenvalue weighted by molar-refractivity contribution is 7.80. The molecule has 0 spiro atoms. The summed E-state index contributed by atoms with van der Waals surface area (Å²) in [4.78, 5) is 22.8. The van der Waals surface area contributed by atoms with Crippen molar-refractivity contribution < 1.29 is 19.2 Å². The van der Waals surface area contributed by atoms with Crippen molar-refractivity contribution in [2.75, 3.05) is 19.0 Å². The molecule has 0 aromatic heterocycles. The molecule has 0 heterocycles. The van der Waals surface area contributed by atoms with Gasteiger partial charge in [-0.2, -0.15) is 0 Å². The molecule has 1 amide bonds. The lowest BCUT2D eigenvalue weighted by Crippen LogP contribution is -2.34. The van der Waals surface area contributed by atoms with Gasteiger partial charge < -0.3 is 14.8 Å². The third kappa shape index (κ3) is 6.72. The molecule has 0 aliphatic rings. The number of ether oxygens (including phenoxy) is 2. The normalized spacial score (nSPS) is 10.1. The van der Waals surface area contributed by atoms with Gasteiger partial charge in [-0.3, -0.25) is 20.2 Å². The minimum Gasteiger partial charge on any atom is -0.495 e. The zero-order chi connectivity index (χ0) is 21.2. The van der Waals surface area contributed by atoms with E-state index in [4.69, 9.17) is 21.7 Å². The first-order chi connectivity index (χ1) is 13.9. The average molecular weight is 417 g/mol. The fourth-order valence-electron chi connectivity index (χ4n) is 2.48. The number of benzene rings is 2. The van der Waals surface area contributed by atoms with Gasteiger partial charge in [0.15, 0.2) is 5.11 Å². The van der Waals surface area contributed by atoms with Crippen molar-refractivity contribution in [3.8, 4) is 11.5 Å². The first-order valence-corrected chi connectivity index (χ1v) is 9.53. The Morgan fingerprint density at radius 1 is 1.17 bits per heavy atom. The maximum absolute atomic E-state index is 12.4. The molecular weight excluding hydrogens is 394 g/mol. The van der Waals surface area contributed by atoms with Crippen molar-refractivity contribution in [2.45, 2.75) is 26.2 Å². The van der Waals surface area contributed by atoms with Crippen LogP contribution in [0, 0.1) is 10.1 Å². The Hall–Kier alpha value is -3.20. The molecule has 0 saturated carbocycles. The van der Waals surface area contributed by atoms with E-state index in [1.165, 1.54) is 25.3 Å². The zero-order valence-electron chi connectivity index (χ0n) is 16.3. The van der Waals surface area contributed by atoms with Crippen LogP contribution in [-0.2, 0) is 0 Å². The molecule has 0 bridgehead atoms. The highest BCUT2D eigenvalue weighted by atomic mass is 32.1. The van der Waals surface area contributed by atoms with E-state index in [1.807, 2.05) is 0 Å². The van der Waals surface area contributed by atoms with E-state index in [9.17, 15) is 14.9 Å². The van der Waals surface area contributed by atoms with Gasteiger partial charge in [0.25, 0.3) is 11.6 Å². The van der Waals surface area contributed by atoms with Crippen molar-refractivity contribution in [1.82, 2.24) is 5.32 Å². The predicted octanol–water partition coefficient (Wildman–Crippen LogP) is 4.30. The molecule has 2 aromatic carbocycles. The number of nitro benzene ring substituents is 1. The number of anilines is 1. The van der Waals surface area contributed by atoms with E-state index >= 15 is 0 Å². The summed E-state index contributed by atoms with van der Waals surface area (Å²) in [6.07, 6.45) is 3.22. The summed E-state index contributed by atoms with van der Waals surface area (Å²) in [5.74, 6) is 0.640. The van der Waals surface area contributed by atoms with Crippen LogP contribution in [0.25, 0.3) is 0 Å². The first kappa shape index (κ1) is 22.1. The van der Waals surface area contributed by atoms with Crippen LogP contribution in [0.2, 0.25) is 0 Å². The van der Waals surface area contributed by atoms with Gasteiger partial charge in [-0.25, -0.2) is 0 Å². The number of rotatable bonds is 9. The van der Waals surface area contributed by atoms with E-state index < -0.39 is 10.8 Å². The van der Waals surface area contributed by atoms with Crippen LogP contribution >= 0.6 is 12.2 Å². The second-order valence-electron chi connectivity index (χ2n) is 6.13. The molecule has 154 valence electrons. The van der Waals surface area contributed by atoms with Gasteiger partial charge in [-0.15, -0.1) is 0 Å². The van der Waals surface area contributed by atoms with Crippen LogP contribution in [0.5, 0.6) is 11.5 Å². The molecule has 0 aliphatic carbocycles. The van der Waals surface area contributed by atoms with Crippen molar-refractivity contribution in [2.24, 2.45) is 0 Å². The molecule has 2 N–H and O–H groups in total. The third-order valence-electron chi connectivity index (χ3n) is 4.00. The predicted molar refractivity (Wildman–Crippen MR) is 115 cm³/mol. The van der Waals surface area contributed by atoms with Crippen LogP contribution in [0.15, 0.2) is 42.5 Å². The maximum Gasteiger partial charge on any atom is 0.271 e. The summed E-state index contributed by atoms with van der Waals surface area (Å²) >= 11 is 5.14. The largest absolute Gasteiger partial charge is 0.495 e. The van der Waals surface area contributed by atoms with Crippen molar-refractivity contribution in [3.63, 3.8) is 0 Å². The van der Waals surface area contributed by atoms with Crippen molar-refractivity contribution in [3.05, 3.63) is 58.1 Å². The molecule has 0 unspecified atom stereocenters. The highest BCUT2D eigenvalue weighted by Gasteiger charge is 2.14. The second-order valence-corrected chi connectivity index (χ2v) is 6.54. The average Bonchev–Trinajstić information content (AvgIpc) is 2.71. The van der Waals surface area contributed by atoms with Gasteiger partial charge in [0, 0.05) is 17.7 Å². The molecule has 9 heteroatoms. The number of nitrogens with one attached hydrogen (secondary N) is 2. The maximum atomic E-state index is 12.4. The van der Waals surface area contributed by atoms with Crippen LogP contribution in [-0.4, -0.2) is 29.7 Å². The van der Waals surface area contributed by atoms with Crippen LogP contribution < -0.4 is 20.1 Å². The molecule has 2 aromatic rings. The zero-order valence-corrected chi connectivity index (χ0v) is 17.1. The van der Waals surface area contributed by atoms with Gasteiger partial charge in [0.2, 0.25) is 0 Å². The summed E-state index contributed by atoms with van der Waals surface area (Å²) in [5.41, 5.74) is 0.556. The number of carbonyl (C=O) groups is 1. The van der Waals surface area contributed by atoms with E-state index in [2.05, 4.69) is 17.6 Å². The topological polar surface area (TPSA) is 103 Å². The van der Waals surface area contributed by atoms with E-state index in [-0.39, 0.29) is 16.5 Å². The van der Waals surface area contributed by atoms with Gasteiger partial charge >= 0.3 is 0 Å². The Balaban J connectivity index is 1.96. The van der Waals surface area contributed by atoms with E-state index in [1.54, 1.807) is 24.3 Å². The summed E-state index contributed by atoms with van der Waals surface area (Å²) in [6.45, 7) is 2.76. The molecule has 2 rings (SSSR count). The number of methoxy groups -OCH3 is 1. The Labute approximate surface area is 174 Å². The Kier molecular flexibility index (Phi) is 8.35. The Morgan fingerprint density at radius 2 is 1.90 bits per heavy atom. The van der Waals surface area contributed by atoms with Crippen LogP contribution in [0.1, 0.15) is 36.5 Å². The van der Waals surface area contributed by atoms with Gasteiger partial charge in [0.1, 0.15) is 11.5 Å². The third-order valence-corrected chi connectivity index (χ3v) is 4.21. The number of unbranched alkanes of at least 4 members (excludes halogenated alkanes) is 2. The molecule has 29 heavy (non-hydrogen) atoms. The van der Waals surface area contributed by atoms with Crippen molar-refractivity contribution in [1.29, 1.82) is 0 Å². The monoisotopic (exact) mass is 417 g/mol. The van der Waals surface area contributed by atoms with Gasteiger partial charge in [-0.05, 0) is 49.0 Å². The SMILES string of the molecule is CCCCCOc1ccc(C(=O)NC(=S)Nc2cc([N+](=O)[O-])ccc2OC)cc1.